The van der Waals surface area contributed by atoms with Gasteiger partial charge in [-0.1, -0.05) is 66.5 Å². The number of carbonyl (C=O) groups excluding carboxylic acids is 1. The van der Waals surface area contributed by atoms with Crippen molar-refractivity contribution in [3.05, 3.63) is 153 Å². The van der Waals surface area contributed by atoms with Crippen LogP contribution in [0.15, 0.2) is 120 Å². The monoisotopic (exact) mass is 874 g/mol. The molecular weight excluding hydrogens is 817 g/mol. The summed E-state index contributed by atoms with van der Waals surface area (Å²) in [6.07, 6.45) is 7.91. The molecule has 64 heavy (non-hydrogen) atoms. The van der Waals surface area contributed by atoms with Gasteiger partial charge in [-0.15, -0.1) is 6.58 Å². The van der Waals surface area contributed by atoms with Gasteiger partial charge in [0.05, 0.1) is 28.9 Å². The molecule has 6 unspecified atom stereocenters. The summed E-state index contributed by atoms with van der Waals surface area (Å²) in [5.74, 6) is -0.986. The number of carbonyl (C=O) groups is 1. The number of nitro groups is 1. The van der Waals surface area contributed by atoms with Gasteiger partial charge in [0, 0.05) is 56.0 Å². The summed E-state index contributed by atoms with van der Waals surface area (Å²) in [7, 11) is 1.68. The first-order chi connectivity index (χ1) is 31.1. The maximum Gasteiger partial charge on any atom is 0.410 e. The second-order valence-electron chi connectivity index (χ2n) is 16.7. The number of aliphatic hydroxyl groups is 2. The van der Waals surface area contributed by atoms with Gasteiger partial charge in [-0.05, 0) is 104 Å². The van der Waals surface area contributed by atoms with Crippen molar-refractivity contribution in [2.75, 3.05) is 26.9 Å². The molecule has 2 heterocycles. The molecule has 6 atom stereocenters. The van der Waals surface area contributed by atoms with Crippen LogP contribution in [0.25, 0.3) is 0 Å². The molecule has 1 aromatic heterocycles. The molecule has 0 saturated heterocycles. The fraction of sp³-hybridized carbons (Fsp3) is 0.420. The maximum absolute atomic E-state index is 14.2. The quantitative estimate of drug-likeness (QED) is 0.0354. The summed E-state index contributed by atoms with van der Waals surface area (Å²) in [5.41, 5.74) is 5.59. The highest BCUT2D eigenvalue weighted by Gasteiger charge is 2.65. The topological polar surface area (TPSA) is 175 Å². The zero-order valence-corrected chi connectivity index (χ0v) is 36.6. The van der Waals surface area contributed by atoms with Crippen LogP contribution in [-0.4, -0.2) is 75.5 Å². The first kappa shape index (κ1) is 45.9. The van der Waals surface area contributed by atoms with E-state index in [1.54, 1.807) is 25.3 Å². The predicted molar refractivity (Wildman–Crippen MR) is 241 cm³/mol. The summed E-state index contributed by atoms with van der Waals surface area (Å²) in [6, 6.07) is 26.5. The Labute approximate surface area is 374 Å². The number of aromatic nitrogens is 1. The number of hydrogen-bond acceptors (Lipinski definition) is 12. The number of amides is 1. The average Bonchev–Trinajstić information content (AvgIpc) is 3.31. The highest BCUT2D eigenvalue weighted by Crippen LogP contribution is 2.62. The van der Waals surface area contributed by atoms with Crippen molar-refractivity contribution in [3.63, 3.8) is 0 Å². The fourth-order valence-corrected chi connectivity index (χ4v) is 9.50. The molecule has 2 aliphatic carbocycles. The molecule has 1 amide bonds. The predicted octanol–water partition coefficient (Wildman–Crippen LogP) is 8.98. The van der Waals surface area contributed by atoms with Gasteiger partial charge in [0.2, 0.25) is 5.79 Å². The van der Waals surface area contributed by atoms with Gasteiger partial charge < -0.3 is 38.9 Å². The molecule has 7 rings (SSSR count). The van der Waals surface area contributed by atoms with Crippen molar-refractivity contribution in [3.8, 4) is 11.5 Å². The van der Waals surface area contributed by atoms with Gasteiger partial charge in [-0.25, -0.2) is 4.79 Å². The van der Waals surface area contributed by atoms with Crippen LogP contribution < -0.4 is 9.47 Å². The Morgan fingerprint density at radius 3 is 2.44 bits per heavy atom. The first-order valence-corrected chi connectivity index (χ1v) is 22.1. The molecule has 14 heteroatoms. The summed E-state index contributed by atoms with van der Waals surface area (Å²) < 4.78 is 26.6. The van der Waals surface area contributed by atoms with Gasteiger partial charge in [0.25, 0.3) is 5.69 Å². The zero-order chi connectivity index (χ0) is 45.1. The second-order valence-corrected chi connectivity index (χ2v) is 16.7. The van der Waals surface area contributed by atoms with E-state index in [1.165, 1.54) is 17.0 Å². The minimum absolute atomic E-state index is 0.0124. The van der Waals surface area contributed by atoms with Crippen LogP contribution >= 0.6 is 0 Å². The lowest BCUT2D eigenvalue weighted by Gasteiger charge is -2.59. The number of fused-ring (bicyclic) bond motifs is 2. The number of aliphatic hydroxyl groups excluding tert-OH is 2. The lowest BCUT2D eigenvalue weighted by molar-refractivity contribution is -0.384. The number of nitrogens with zero attached hydrogens (tertiary/aromatic N) is 4. The minimum Gasteiger partial charge on any atom is -0.487 e. The number of benzene rings is 3. The van der Waals surface area contributed by atoms with Gasteiger partial charge in [-0.2, -0.15) is 0 Å². The molecule has 1 aliphatic heterocycles. The van der Waals surface area contributed by atoms with Crippen LogP contribution in [0.3, 0.4) is 0 Å². The standard InChI is InChI=1S/C50H58N4O10/c1-4-27-62-50-46(53(3)49(57)61-31-35-14-6-5-7-15-35)30-44(52-63-32-36-19-21-39(22-20-36)54(58)59)42-28-37(16-8-10-25-55)41(18-9-11-26-56)47(48(42)50)43-29-40(23-24-45(43)64-50)60-33-38-17-12-13-34(2)51-38/h4-7,12-15,17,19-24,28-29,37,41,46-48,55-56H,1,8-11,16,18,25-27,30-33H2,2-3H3. The lowest BCUT2D eigenvalue weighted by Crippen LogP contribution is -2.69. The maximum atomic E-state index is 14.2. The molecule has 2 N–H and O–H groups in total. The number of pyridine rings is 1. The van der Waals surface area contributed by atoms with Gasteiger partial charge in [0.15, 0.2) is 0 Å². The third-order valence-electron chi connectivity index (χ3n) is 12.5. The lowest BCUT2D eigenvalue weighted by atomic mass is 9.55. The largest absolute Gasteiger partial charge is 0.487 e. The Balaban J connectivity index is 1.36. The SMILES string of the molecule is C=CCOC12Oc3ccc(OCc4cccc(C)n4)cc3C3C(CCCCO)C(CCCCO)C=C(C(=NOCc4ccc([N+](=O)[O-])cc4)CC1N(C)C(=O)OCc1ccccc1)C32. The Hall–Kier alpha value is -6.09. The molecule has 0 radical (unpaired) electrons. The molecule has 3 aromatic carbocycles. The molecule has 4 aromatic rings. The van der Waals surface area contributed by atoms with Crippen molar-refractivity contribution in [1.29, 1.82) is 0 Å². The third kappa shape index (κ3) is 10.5. The molecule has 14 nitrogen and oxygen atoms in total. The van der Waals surface area contributed by atoms with Crippen LogP contribution in [0.2, 0.25) is 0 Å². The number of allylic oxidation sites excluding steroid dienone is 1. The molecule has 1 saturated carbocycles. The van der Waals surface area contributed by atoms with E-state index in [4.69, 9.17) is 28.9 Å². The van der Waals surface area contributed by atoms with Crippen molar-refractivity contribution in [1.82, 2.24) is 9.88 Å². The number of non-ortho nitro benzene ring substituents is 1. The highest BCUT2D eigenvalue weighted by atomic mass is 16.7. The number of unbranched alkanes of at least 4 members (excludes halogenated alkanes) is 2. The number of oxime groups is 1. The van der Waals surface area contributed by atoms with Gasteiger partial charge >= 0.3 is 6.09 Å². The van der Waals surface area contributed by atoms with Crippen LogP contribution in [0.5, 0.6) is 11.5 Å². The highest BCUT2D eigenvalue weighted by molar-refractivity contribution is 6.03. The summed E-state index contributed by atoms with van der Waals surface area (Å²) in [6.45, 7) is 6.55. The third-order valence-corrected chi connectivity index (χ3v) is 12.5. The van der Waals surface area contributed by atoms with E-state index in [9.17, 15) is 25.1 Å². The van der Waals surface area contributed by atoms with E-state index in [0.717, 1.165) is 53.8 Å². The van der Waals surface area contributed by atoms with E-state index in [-0.39, 0.29) is 69.5 Å². The zero-order valence-electron chi connectivity index (χ0n) is 36.6. The Kier molecular flexibility index (Phi) is 15.4. The normalized spacial score (nSPS) is 22.6. The molecule has 0 spiro atoms. The van der Waals surface area contributed by atoms with E-state index in [1.807, 2.05) is 73.7 Å². The minimum atomic E-state index is -1.46. The number of ether oxygens (including phenoxy) is 4. The Morgan fingerprint density at radius 1 is 0.969 bits per heavy atom. The van der Waals surface area contributed by atoms with E-state index in [2.05, 4.69) is 17.6 Å². The molecule has 1 fully saturated rings. The number of likely N-dealkylation sites (N-methyl/N-ethyl adjacent to an activating group) is 1. The molecular formula is C50H58N4O10. The average molecular weight is 875 g/mol. The van der Waals surface area contributed by atoms with Crippen molar-refractivity contribution in [2.24, 2.45) is 22.9 Å². The molecule has 338 valence electrons. The summed E-state index contributed by atoms with van der Waals surface area (Å²) in [5, 5.41) is 36.0. The Morgan fingerprint density at radius 2 is 1.72 bits per heavy atom. The number of nitro benzene ring substituents is 1. The van der Waals surface area contributed by atoms with Crippen molar-refractivity contribution >= 4 is 17.5 Å². The van der Waals surface area contributed by atoms with Gasteiger partial charge in [-0.3, -0.25) is 15.1 Å². The summed E-state index contributed by atoms with van der Waals surface area (Å²) in [4.78, 5) is 37.4. The van der Waals surface area contributed by atoms with Crippen LogP contribution in [0.4, 0.5) is 10.5 Å². The molecule has 3 aliphatic rings. The van der Waals surface area contributed by atoms with E-state index in [0.29, 0.717) is 35.6 Å². The van der Waals surface area contributed by atoms with Crippen LogP contribution in [0.1, 0.15) is 78.9 Å². The Bertz CT molecular complexity index is 2290. The molecule has 0 bridgehead atoms. The summed E-state index contributed by atoms with van der Waals surface area (Å²) >= 11 is 0. The van der Waals surface area contributed by atoms with Crippen LogP contribution in [-0.2, 0) is 34.1 Å². The van der Waals surface area contributed by atoms with Crippen molar-refractivity contribution in [2.45, 2.75) is 89.4 Å². The van der Waals surface area contributed by atoms with Crippen molar-refractivity contribution < 1.29 is 43.7 Å². The number of rotatable bonds is 21. The van der Waals surface area contributed by atoms with E-state index >= 15 is 0 Å². The fourth-order valence-electron chi connectivity index (χ4n) is 9.50. The van der Waals surface area contributed by atoms with Gasteiger partial charge in [0.1, 0.15) is 37.4 Å². The smallest absolute Gasteiger partial charge is 0.410 e. The van der Waals surface area contributed by atoms with Crippen LogP contribution in [0, 0.1) is 34.8 Å². The first-order valence-electron chi connectivity index (χ1n) is 22.1. The van der Waals surface area contributed by atoms with E-state index < -0.39 is 28.8 Å². The number of aryl methyl sites for hydroxylation is 1. The second kappa shape index (κ2) is 21.5. The number of hydrogen-bond donors (Lipinski definition) is 2.